The molecule has 24 heavy (non-hydrogen) atoms. The van der Waals surface area contributed by atoms with Crippen LogP contribution >= 0.6 is 0 Å². The number of fused-ring (bicyclic) bond motifs is 1. The molecule has 0 unspecified atom stereocenters. The van der Waals surface area contributed by atoms with Gasteiger partial charge in [0.2, 0.25) is 0 Å². The molecule has 1 N–H and O–H groups in total. The highest BCUT2D eigenvalue weighted by atomic mass is 19.1. The van der Waals surface area contributed by atoms with Crippen LogP contribution in [0, 0.1) is 5.82 Å². The molecule has 1 aliphatic carbocycles. The van der Waals surface area contributed by atoms with E-state index in [1.807, 2.05) is 0 Å². The van der Waals surface area contributed by atoms with Gasteiger partial charge in [-0.15, -0.1) is 0 Å². The maximum atomic E-state index is 13.1. The van der Waals surface area contributed by atoms with Crippen molar-refractivity contribution in [2.24, 2.45) is 7.05 Å². The van der Waals surface area contributed by atoms with Crippen LogP contribution in [0.25, 0.3) is 11.0 Å². The van der Waals surface area contributed by atoms with Gasteiger partial charge in [-0.3, -0.25) is 14.4 Å². The Kier molecular flexibility index (Phi) is 3.65. The van der Waals surface area contributed by atoms with E-state index < -0.39 is 0 Å². The van der Waals surface area contributed by atoms with Crippen molar-refractivity contribution in [3.05, 3.63) is 58.0 Å². The highest BCUT2D eigenvalue weighted by Gasteiger charge is 2.29. The SMILES string of the molecule is Cn1ncc2c(=O)[nH]c(CN(Cc3ccc(F)cc3)C3CC3)nc21. The first-order chi connectivity index (χ1) is 11.6. The lowest BCUT2D eigenvalue weighted by atomic mass is 10.2. The fraction of sp³-hybridized carbons (Fsp3) is 0.353. The minimum Gasteiger partial charge on any atom is -0.309 e. The predicted molar refractivity (Wildman–Crippen MR) is 87.8 cm³/mol. The molecule has 2 heterocycles. The van der Waals surface area contributed by atoms with Gasteiger partial charge in [-0.05, 0) is 30.5 Å². The second-order valence-electron chi connectivity index (χ2n) is 6.28. The minimum atomic E-state index is -0.232. The van der Waals surface area contributed by atoms with Gasteiger partial charge in [0, 0.05) is 19.6 Å². The summed E-state index contributed by atoms with van der Waals surface area (Å²) >= 11 is 0. The summed E-state index contributed by atoms with van der Waals surface area (Å²) in [4.78, 5) is 21.8. The lowest BCUT2D eigenvalue weighted by molar-refractivity contribution is 0.239. The van der Waals surface area contributed by atoms with Crippen molar-refractivity contribution in [1.29, 1.82) is 0 Å². The predicted octanol–water partition coefficient (Wildman–Crippen LogP) is 1.96. The van der Waals surface area contributed by atoms with Crippen LogP contribution in [0.15, 0.2) is 35.3 Å². The van der Waals surface area contributed by atoms with Crippen LogP contribution in [0.3, 0.4) is 0 Å². The van der Waals surface area contributed by atoms with Crippen LogP contribution in [-0.2, 0) is 20.1 Å². The molecule has 1 fully saturated rings. The quantitative estimate of drug-likeness (QED) is 0.778. The van der Waals surface area contributed by atoms with Gasteiger partial charge in [-0.25, -0.2) is 9.37 Å². The van der Waals surface area contributed by atoms with Crippen LogP contribution in [0.5, 0.6) is 0 Å². The molecule has 0 saturated heterocycles. The Morgan fingerprint density at radius 2 is 2.04 bits per heavy atom. The molecule has 0 bridgehead atoms. The summed E-state index contributed by atoms with van der Waals surface area (Å²) in [5, 5.41) is 4.58. The molecular formula is C17H18FN5O. The third-order valence-corrected chi connectivity index (χ3v) is 4.37. The summed E-state index contributed by atoms with van der Waals surface area (Å²) in [6, 6.07) is 7.03. The van der Waals surface area contributed by atoms with Crippen molar-refractivity contribution in [2.45, 2.75) is 32.0 Å². The van der Waals surface area contributed by atoms with Gasteiger partial charge < -0.3 is 4.98 Å². The lowest BCUT2D eigenvalue weighted by Gasteiger charge is -2.21. The zero-order valence-corrected chi connectivity index (χ0v) is 13.4. The summed E-state index contributed by atoms with van der Waals surface area (Å²) in [6.45, 7) is 1.26. The number of rotatable bonds is 5. The number of hydrogen-bond donors (Lipinski definition) is 1. The molecule has 124 valence electrons. The van der Waals surface area contributed by atoms with Crippen molar-refractivity contribution >= 4 is 11.0 Å². The normalized spacial score (nSPS) is 14.6. The van der Waals surface area contributed by atoms with Crippen LogP contribution in [0.1, 0.15) is 24.2 Å². The standard InChI is InChI=1S/C17H18FN5O/c1-22-16-14(8-19-22)17(24)21-15(20-16)10-23(13-6-7-13)9-11-2-4-12(18)5-3-11/h2-5,8,13H,6-7,9-10H2,1H3,(H,20,21,24). The molecule has 0 aliphatic heterocycles. The van der Waals surface area contributed by atoms with Crippen molar-refractivity contribution in [2.75, 3.05) is 0 Å². The molecule has 1 aliphatic rings. The van der Waals surface area contributed by atoms with E-state index in [0.717, 1.165) is 18.4 Å². The maximum absolute atomic E-state index is 13.1. The number of nitrogens with zero attached hydrogens (tertiary/aromatic N) is 4. The second kappa shape index (κ2) is 5.83. The van der Waals surface area contributed by atoms with Gasteiger partial charge in [0.1, 0.15) is 17.0 Å². The van der Waals surface area contributed by atoms with E-state index in [2.05, 4.69) is 20.0 Å². The molecule has 0 amide bonds. The molecule has 1 aromatic carbocycles. The molecule has 0 spiro atoms. The van der Waals surface area contributed by atoms with E-state index in [4.69, 9.17) is 0 Å². The van der Waals surface area contributed by atoms with Gasteiger partial charge in [0.15, 0.2) is 5.65 Å². The van der Waals surface area contributed by atoms with E-state index in [-0.39, 0.29) is 11.4 Å². The highest BCUT2D eigenvalue weighted by Crippen LogP contribution is 2.29. The van der Waals surface area contributed by atoms with Crippen LogP contribution in [0.4, 0.5) is 4.39 Å². The maximum Gasteiger partial charge on any atom is 0.262 e. The number of nitrogens with one attached hydrogen (secondary N) is 1. The fourth-order valence-corrected chi connectivity index (χ4v) is 2.92. The number of aryl methyl sites for hydroxylation is 1. The van der Waals surface area contributed by atoms with Crippen LogP contribution < -0.4 is 5.56 Å². The Labute approximate surface area is 137 Å². The topological polar surface area (TPSA) is 66.8 Å². The molecular weight excluding hydrogens is 309 g/mol. The first-order valence-electron chi connectivity index (χ1n) is 7.99. The number of hydrogen-bond acceptors (Lipinski definition) is 4. The Balaban J connectivity index is 1.60. The number of aromatic amines is 1. The fourth-order valence-electron chi connectivity index (χ4n) is 2.92. The zero-order chi connectivity index (χ0) is 16.7. The van der Waals surface area contributed by atoms with Gasteiger partial charge in [0.05, 0.1) is 12.7 Å². The summed E-state index contributed by atoms with van der Waals surface area (Å²) in [5.74, 6) is 0.398. The molecule has 0 radical (unpaired) electrons. The molecule has 1 saturated carbocycles. The van der Waals surface area contributed by atoms with Crippen LogP contribution in [-0.4, -0.2) is 30.7 Å². The van der Waals surface area contributed by atoms with Crippen molar-refractivity contribution in [3.63, 3.8) is 0 Å². The summed E-state index contributed by atoms with van der Waals surface area (Å²) in [7, 11) is 1.77. The van der Waals surface area contributed by atoms with Gasteiger partial charge in [-0.2, -0.15) is 5.10 Å². The molecule has 6 nitrogen and oxygen atoms in total. The van der Waals surface area contributed by atoms with Crippen molar-refractivity contribution in [3.8, 4) is 0 Å². The number of H-pyrrole nitrogens is 1. The van der Waals surface area contributed by atoms with E-state index in [9.17, 15) is 9.18 Å². The third-order valence-electron chi connectivity index (χ3n) is 4.37. The van der Waals surface area contributed by atoms with E-state index in [1.165, 1.54) is 18.3 Å². The largest absolute Gasteiger partial charge is 0.309 e. The summed E-state index contributed by atoms with van der Waals surface area (Å²) in [5.41, 5.74) is 1.47. The van der Waals surface area contributed by atoms with Crippen molar-refractivity contribution in [1.82, 2.24) is 24.6 Å². The van der Waals surface area contributed by atoms with Crippen molar-refractivity contribution < 1.29 is 4.39 Å². The molecule has 0 atom stereocenters. The van der Waals surface area contributed by atoms with E-state index in [0.29, 0.717) is 36.0 Å². The lowest BCUT2D eigenvalue weighted by Crippen LogP contribution is -2.27. The minimum absolute atomic E-state index is 0.166. The number of benzene rings is 1. The Morgan fingerprint density at radius 3 is 2.75 bits per heavy atom. The van der Waals surface area contributed by atoms with E-state index in [1.54, 1.807) is 23.9 Å². The molecule has 3 aromatic rings. The second-order valence-corrected chi connectivity index (χ2v) is 6.28. The molecule has 2 aromatic heterocycles. The highest BCUT2D eigenvalue weighted by molar-refractivity contribution is 5.72. The summed E-state index contributed by atoms with van der Waals surface area (Å²) in [6.07, 6.45) is 3.81. The molecule has 4 rings (SSSR count). The van der Waals surface area contributed by atoms with Gasteiger partial charge in [0.25, 0.3) is 5.56 Å². The summed E-state index contributed by atoms with van der Waals surface area (Å²) < 4.78 is 14.7. The van der Waals surface area contributed by atoms with Gasteiger partial charge in [-0.1, -0.05) is 12.1 Å². The number of aromatic nitrogens is 4. The third kappa shape index (κ3) is 2.94. The Bertz CT molecular complexity index is 926. The Hall–Kier alpha value is -2.54. The average molecular weight is 327 g/mol. The Morgan fingerprint density at radius 1 is 1.29 bits per heavy atom. The van der Waals surface area contributed by atoms with E-state index >= 15 is 0 Å². The number of halogens is 1. The monoisotopic (exact) mass is 327 g/mol. The first-order valence-corrected chi connectivity index (χ1v) is 7.99. The average Bonchev–Trinajstić information content (AvgIpc) is 3.34. The van der Waals surface area contributed by atoms with Gasteiger partial charge >= 0.3 is 0 Å². The zero-order valence-electron chi connectivity index (χ0n) is 13.4. The first kappa shape index (κ1) is 15.0. The van der Waals surface area contributed by atoms with Crippen LogP contribution in [0.2, 0.25) is 0 Å². The molecule has 7 heteroatoms. The smallest absolute Gasteiger partial charge is 0.262 e.